The molecule has 4 heteroatoms. The van der Waals surface area contributed by atoms with Crippen LogP contribution in [-0.4, -0.2) is 53.9 Å². The molecule has 2 saturated heterocycles. The first kappa shape index (κ1) is 14.6. The van der Waals surface area contributed by atoms with E-state index in [2.05, 4.69) is 53.5 Å². The molecule has 0 unspecified atom stereocenters. The highest BCUT2D eigenvalue weighted by Gasteiger charge is 2.45. The van der Waals surface area contributed by atoms with Crippen molar-refractivity contribution in [1.82, 2.24) is 10.2 Å². The van der Waals surface area contributed by atoms with Crippen molar-refractivity contribution >= 4 is 5.82 Å². The van der Waals surface area contributed by atoms with E-state index in [1.54, 1.807) is 0 Å². The molecule has 0 spiro atoms. The Bertz CT molecular complexity index is 666. The number of anilines is 1. The molecule has 1 aromatic heterocycles. The number of quaternary nitrogens is 1. The van der Waals surface area contributed by atoms with Gasteiger partial charge in [-0.2, -0.15) is 0 Å². The van der Waals surface area contributed by atoms with Gasteiger partial charge in [0.1, 0.15) is 6.04 Å². The van der Waals surface area contributed by atoms with Gasteiger partial charge in [0, 0.05) is 31.4 Å². The van der Waals surface area contributed by atoms with Crippen LogP contribution in [0.15, 0.2) is 42.5 Å². The topological polar surface area (TPSA) is 29.0 Å². The Labute approximate surface area is 138 Å². The van der Waals surface area contributed by atoms with Crippen LogP contribution in [0.4, 0.5) is 5.82 Å². The van der Waals surface area contributed by atoms with Gasteiger partial charge in [0.15, 0.2) is 5.82 Å². The van der Waals surface area contributed by atoms with Crippen molar-refractivity contribution in [2.24, 2.45) is 0 Å². The van der Waals surface area contributed by atoms with Crippen LogP contribution in [0.25, 0.3) is 11.3 Å². The van der Waals surface area contributed by atoms with Crippen LogP contribution < -0.4 is 4.90 Å². The van der Waals surface area contributed by atoms with E-state index >= 15 is 0 Å². The van der Waals surface area contributed by atoms with E-state index < -0.39 is 0 Å². The molecule has 2 bridgehead atoms. The molecule has 0 radical (unpaired) electrons. The predicted molar refractivity (Wildman–Crippen MR) is 93.2 cm³/mol. The van der Waals surface area contributed by atoms with Gasteiger partial charge in [-0.3, -0.25) is 0 Å². The summed E-state index contributed by atoms with van der Waals surface area (Å²) >= 11 is 0. The molecular weight excluding hydrogens is 284 g/mol. The first-order valence-electron chi connectivity index (χ1n) is 8.62. The summed E-state index contributed by atoms with van der Waals surface area (Å²) in [6.07, 6.45) is 3.97. The van der Waals surface area contributed by atoms with Crippen molar-refractivity contribution in [1.29, 1.82) is 0 Å². The minimum Gasteiger partial charge on any atom is -0.349 e. The molecule has 0 amide bonds. The zero-order valence-electron chi connectivity index (χ0n) is 14.0. The molecule has 23 heavy (non-hydrogen) atoms. The van der Waals surface area contributed by atoms with Crippen LogP contribution in [0.1, 0.15) is 19.3 Å². The van der Waals surface area contributed by atoms with E-state index in [9.17, 15) is 0 Å². The third kappa shape index (κ3) is 2.61. The predicted octanol–water partition coefficient (Wildman–Crippen LogP) is 2.96. The molecule has 120 valence electrons. The van der Waals surface area contributed by atoms with Crippen molar-refractivity contribution in [3.8, 4) is 11.3 Å². The fourth-order valence-corrected chi connectivity index (χ4v) is 4.24. The summed E-state index contributed by atoms with van der Waals surface area (Å²) in [6.45, 7) is 2.20. The number of likely N-dealkylation sites (N-methyl/N-ethyl adjacent to an activating group) is 1. The molecule has 2 aromatic rings. The zero-order chi connectivity index (χ0) is 15.9. The maximum atomic E-state index is 4.52. The smallest absolute Gasteiger partial charge is 0.151 e. The fraction of sp³-hybridized carbons (Fsp3) is 0.474. The molecule has 1 aromatic carbocycles. The van der Waals surface area contributed by atoms with Gasteiger partial charge in [0.25, 0.3) is 0 Å². The Morgan fingerprint density at radius 2 is 1.70 bits per heavy atom. The zero-order valence-corrected chi connectivity index (χ0v) is 14.0. The summed E-state index contributed by atoms with van der Waals surface area (Å²) in [5.41, 5.74) is 2.07. The van der Waals surface area contributed by atoms with Crippen LogP contribution >= 0.6 is 0 Å². The van der Waals surface area contributed by atoms with Crippen LogP contribution in [0.5, 0.6) is 0 Å². The molecule has 2 aliphatic rings. The molecule has 0 aliphatic carbocycles. The van der Waals surface area contributed by atoms with Crippen molar-refractivity contribution < 1.29 is 4.48 Å². The van der Waals surface area contributed by atoms with Gasteiger partial charge >= 0.3 is 0 Å². The lowest BCUT2D eigenvalue weighted by molar-refractivity contribution is -0.922. The largest absolute Gasteiger partial charge is 0.349 e. The SMILES string of the molecule is C[N+]1(C)[C@H]2CC[C@@H]1CN(c1ccc(-c3ccccc3)nn1)CC2. The molecular formula is C19H25N4+. The lowest BCUT2D eigenvalue weighted by atomic mass is 10.1. The molecule has 2 fully saturated rings. The van der Waals surface area contributed by atoms with Gasteiger partial charge in [-0.1, -0.05) is 30.3 Å². The third-order valence-electron chi connectivity index (χ3n) is 5.92. The fourth-order valence-electron chi connectivity index (χ4n) is 4.24. The second-order valence-electron chi connectivity index (χ2n) is 7.39. The van der Waals surface area contributed by atoms with Crippen LogP contribution in [0, 0.1) is 0 Å². The first-order valence-corrected chi connectivity index (χ1v) is 8.62. The molecule has 3 heterocycles. The summed E-state index contributed by atoms with van der Waals surface area (Å²) < 4.78 is 1.17. The first-order chi connectivity index (χ1) is 11.1. The van der Waals surface area contributed by atoms with Crippen LogP contribution in [0.3, 0.4) is 0 Å². The number of aromatic nitrogens is 2. The molecule has 4 nitrogen and oxygen atoms in total. The summed E-state index contributed by atoms with van der Waals surface area (Å²) in [4.78, 5) is 2.44. The Balaban J connectivity index is 1.55. The molecule has 0 N–H and O–H groups in total. The van der Waals surface area contributed by atoms with E-state index in [1.807, 2.05) is 18.2 Å². The Kier molecular flexibility index (Phi) is 3.57. The van der Waals surface area contributed by atoms with Gasteiger partial charge in [-0.05, 0) is 12.1 Å². The standard InChI is InChI=1S/C19H25N4/c1-23(2)16-8-9-17(23)14-22(13-12-16)19-11-10-18(20-21-19)15-6-4-3-5-7-15/h3-7,10-11,16-17H,8-9,12-14H2,1-2H3/q+1/t16-,17+/m0/s1. The van der Waals surface area contributed by atoms with Crippen molar-refractivity contribution in [2.75, 3.05) is 32.1 Å². The van der Waals surface area contributed by atoms with Crippen LogP contribution in [-0.2, 0) is 0 Å². The lowest BCUT2D eigenvalue weighted by Gasteiger charge is -2.35. The highest BCUT2D eigenvalue weighted by atomic mass is 15.4. The lowest BCUT2D eigenvalue weighted by Crippen LogP contribution is -2.51. The summed E-state index contributed by atoms with van der Waals surface area (Å²) in [6, 6.07) is 16.0. The summed E-state index contributed by atoms with van der Waals surface area (Å²) in [7, 11) is 4.80. The minimum absolute atomic E-state index is 0.720. The van der Waals surface area contributed by atoms with Crippen molar-refractivity contribution in [3.05, 3.63) is 42.5 Å². The summed E-state index contributed by atoms with van der Waals surface area (Å²) in [5, 5.41) is 8.98. The Morgan fingerprint density at radius 3 is 2.43 bits per heavy atom. The molecule has 2 atom stereocenters. The molecule has 4 rings (SSSR count). The average Bonchev–Trinajstić information content (AvgIpc) is 2.76. The quantitative estimate of drug-likeness (QED) is 0.799. The van der Waals surface area contributed by atoms with Crippen LogP contribution in [0.2, 0.25) is 0 Å². The van der Waals surface area contributed by atoms with Gasteiger partial charge in [0.2, 0.25) is 0 Å². The highest BCUT2D eigenvalue weighted by molar-refractivity contribution is 5.59. The van der Waals surface area contributed by atoms with Crippen molar-refractivity contribution in [2.45, 2.75) is 31.3 Å². The molecule has 0 saturated carbocycles. The van der Waals surface area contributed by atoms with Gasteiger partial charge in [-0.15, -0.1) is 10.2 Å². The van der Waals surface area contributed by atoms with Gasteiger partial charge in [-0.25, -0.2) is 0 Å². The maximum Gasteiger partial charge on any atom is 0.151 e. The number of hydrogen-bond donors (Lipinski definition) is 0. The van der Waals surface area contributed by atoms with E-state index in [0.29, 0.717) is 0 Å². The number of rotatable bonds is 2. The average molecular weight is 309 g/mol. The number of fused-ring (bicyclic) bond motifs is 2. The van der Waals surface area contributed by atoms with Gasteiger partial charge < -0.3 is 9.38 Å². The monoisotopic (exact) mass is 309 g/mol. The third-order valence-corrected chi connectivity index (χ3v) is 5.92. The Morgan fingerprint density at radius 1 is 0.913 bits per heavy atom. The van der Waals surface area contributed by atoms with E-state index in [-0.39, 0.29) is 0 Å². The second kappa shape index (κ2) is 5.60. The van der Waals surface area contributed by atoms with E-state index in [1.165, 1.54) is 23.7 Å². The maximum absolute atomic E-state index is 4.52. The molecule has 2 aliphatic heterocycles. The number of hydrogen-bond acceptors (Lipinski definition) is 3. The van der Waals surface area contributed by atoms with E-state index in [0.717, 1.165) is 42.2 Å². The summed E-state index contributed by atoms with van der Waals surface area (Å²) in [5.74, 6) is 1.03. The van der Waals surface area contributed by atoms with Gasteiger partial charge in [0.05, 0.1) is 32.4 Å². The Hall–Kier alpha value is -1.94. The van der Waals surface area contributed by atoms with E-state index in [4.69, 9.17) is 0 Å². The second-order valence-corrected chi connectivity index (χ2v) is 7.39. The van der Waals surface area contributed by atoms with Crippen molar-refractivity contribution in [3.63, 3.8) is 0 Å². The number of benzene rings is 1. The number of nitrogens with zero attached hydrogens (tertiary/aromatic N) is 4. The normalized spacial score (nSPS) is 26.1. The highest BCUT2D eigenvalue weighted by Crippen LogP contribution is 2.35. The minimum atomic E-state index is 0.720.